The number of aromatic nitrogens is 2. The number of halogens is 1. The molecule has 76 valence electrons. The number of nitrogens with zero attached hydrogens (tertiary/aromatic N) is 2. The van der Waals surface area contributed by atoms with Crippen molar-refractivity contribution in [1.82, 2.24) is 9.97 Å². The zero-order valence-corrected chi connectivity index (χ0v) is 8.71. The molecular weight excluding hydrogens is 202 g/mol. The Kier molecular flexibility index (Phi) is 2.84. The number of hydrogen-bond donors (Lipinski definition) is 1. The predicted octanol–water partition coefficient (Wildman–Crippen LogP) is 1.85. The lowest BCUT2D eigenvalue weighted by molar-refractivity contribution is 0.181. The van der Waals surface area contributed by atoms with Crippen molar-refractivity contribution in [2.75, 3.05) is 12.4 Å². The zero-order valence-electron chi connectivity index (χ0n) is 7.96. The smallest absolute Gasteiger partial charge is 0.224 e. The second-order valence-electron chi connectivity index (χ2n) is 3.36. The number of anilines is 1. The summed E-state index contributed by atoms with van der Waals surface area (Å²) in [4.78, 5) is 8.36. The highest BCUT2D eigenvalue weighted by Gasteiger charge is 2.22. The normalized spacial score (nSPS) is 15.6. The average Bonchev–Trinajstić information content (AvgIpc) is 2.87. The molecule has 4 nitrogen and oxygen atoms in total. The third-order valence-corrected chi connectivity index (χ3v) is 2.14. The van der Waals surface area contributed by atoms with Crippen LogP contribution in [-0.2, 0) is 11.3 Å². The molecule has 1 aromatic rings. The molecule has 0 aliphatic heterocycles. The Morgan fingerprint density at radius 2 is 2.36 bits per heavy atom. The van der Waals surface area contributed by atoms with E-state index in [2.05, 4.69) is 15.3 Å². The van der Waals surface area contributed by atoms with Gasteiger partial charge in [0.15, 0.2) is 0 Å². The molecule has 0 spiro atoms. The third kappa shape index (κ3) is 2.56. The molecule has 0 unspecified atom stereocenters. The molecule has 1 aliphatic carbocycles. The van der Waals surface area contributed by atoms with Crippen LogP contribution in [0.2, 0.25) is 5.15 Å². The van der Waals surface area contributed by atoms with Crippen LogP contribution in [0.25, 0.3) is 0 Å². The first-order valence-corrected chi connectivity index (χ1v) is 4.94. The Bertz CT molecular complexity index is 328. The molecule has 1 N–H and O–H groups in total. The van der Waals surface area contributed by atoms with Crippen molar-refractivity contribution < 1.29 is 4.74 Å². The van der Waals surface area contributed by atoms with E-state index in [1.54, 1.807) is 13.2 Å². The molecule has 1 fully saturated rings. The van der Waals surface area contributed by atoms with Crippen LogP contribution < -0.4 is 5.32 Å². The summed E-state index contributed by atoms with van der Waals surface area (Å²) < 4.78 is 4.98. The first-order chi connectivity index (χ1) is 6.78. The van der Waals surface area contributed by atoms with E-state index in [4.69, 9.17) is 16.3 Å². The SMILES string of the molecule is COCc1cc(Cl)nc(NC2CC2)n1. The van der Waals surface area contributed by atoms with Gasteiger partial charge in [0.05, 0.1) is 12.3 Å². The van der Waals surface area contributed by atoms with Gasteiger partial charge in [0.2, 0.25) is 5.95 Å². The highest BCUT2D eigenvalue weighted by Crippen LogP contribution is 2.23. The van der Waals surface area contributed by atoms with Crippen LogP contribution in [0.1, 0.15) is 18.5 Å². The Morgan fingerprint density at radius 3 is 3.00 bits per heavy atom. The fraction of sp³-hybridized carbons (Fsp3) is 0.556. The lowest BCUT2D eigenvalue weighted by Gasteiger charge is -2.05. The van der Waals surface area contributed by atoms with Crippen molar-refractivity contribution in [3.63, 3.8) is 0 Å². The van der Waals surface area contributed by atoms with Gasteiger partial charge in [0.25, 0.3) is 0 Å². The van der Waals surface area contributed by atoms with Gasteiger partial charge in [-0.15, -0.1) is 0 Å². The molecule has 1 saturated carbocycles. The largest absolute Gasteiger partial charge is 0.378 e. The molecule has 0 bridgehead atoms. The van der Waals surface area contributed by atoms with Crippen LogP contribution in [0.15, 0.2) is 6.07 Å². The first kappa shape index (κ1) is 9.68. The summed E-state index contributed by atoms with van der Waals surface area (Å²) >= 11 is 5.84. The zero-order chi connectivity index (χ0) is 9.97. The number of methoxy groups -OCH3 is 1. The maximum Gasteiger partial charge on any atom is 0.224 e. The molecule has 1 heterocycles. The van der Waals surface area contributed by atoms with Gasteiger partial charge in [0, 0.05) is 13.2 Å². The van der Waals surface area contributed by atoms with E-state index in [0.29, 0.717) is 23.8 Å². The van der Waals surface area contributed by atoms with Gasteiger partial charge >= 0.3 is 0 Å². The molecular formula is C9H12ClN3O. The van der Waals surface area contributed by atoms with Crippen LogP contribution in [0.3, 0.4) is 0 Å². The number of hydrogen-bond acceptors (Lipinski definition) is 4. The third-order valence-electron chi connectivity index (χ3n) is 1.95. The van der Waals surface area contributed by atoms with Crippen molar-refractivity contribution >= 4 is 17.5 Å². The summed E-state index contributed by atoms with van der Waals surface area (Å²) in [6.45, 7) is 0.460. The van der Waals surface area contributed by atoms with E-state index in [-0.39, 0.29) is 0 Å². The lowest BCUT2D eigenvalue weighted by atomic mass is 10.4. The number of rotatable bonds is 4. The molecule has 0 atom stereocenters. The van der Waals surface area contributed by atoms with E-state index in [0.717, 1.165) is 5.69 Å². The molecule has 1 aliphatic rings. The van der Waals surface area contributed by atoms with Gasteiger partial charge in [-0.05, 0) is 18.9 Å². The van der Waals surface area contributed by atoms with Crippen molar-refractivity contribution in [3.8, 4) is 0 Å². The molecule has 5 heteroatoms. The lowest BCUT2D eigenvalue weighted by Crippen LogP contribution is -2.07. The van der Waals surface area contributed by atoms with E-state index >= 15 is 0 Å². The first-order valence-electron chi connectivity index (χ1n) is 4.57. The van der Waals surface area contributed by atoms with Crippen molar-refractivity contribution in [3.05, 3.63) is 16.9 Å². The predicted molar refractivity (Wildman–Crippen MR) is 54.4 cm³/mol. The van der Waals surface area contributed by atoms with Crippen LogP contribution in [0, 0.1) is 0 Å². The minimum atomic E-state index is 0.454. The van der Waals surface area contributed by atoms with Crippen LogP contribution in [0.4, 0.5) is 5.95 Å². The van der Waals surface area contributed by atoms with Crippen LogP contribution in [-0.4, -0.2) is 23.1 Å². The monoisotopic (exact) mass is 213 g/mol. The van der Waals surface area contributed by atoms with Gasteiger partial charge in [0.1, 0.15) is 5.15 Å². The average molecular weight is 214 g/mol. The summed E-state index contributed by atoms with van der Waals surface area (Å²) in [7, 11) is 1.63. The summed E-state index contributed by atoms with van der Waals surface area (Å²) in [5.74, 6) is 0.604. The Balaban J connectivity index is 2.12. The second-order valence-corrected chi connectivity index (χ2v) is 3.74. The van der Waals surface area contributed by atoms with Gasteiger partial charge in [-0.1, -0.05) is 11.6 Å². The molecule has 14 heavy (non-hydrogen) atoms. The Morgan fingerprint density at radius 1 is 1.57 bits per heavy atom. The summed E-state index contributed by atoms with van der Waals surface area (Å²) in [6.07, 6.45) is 2.38. The molecule has 0 radical (unpaired) electrons. The highest BCUT2D eigenvalue weighted by molar-refractivity contribution is 6.29. The standard InChI is InChI=1S/C9H12ClN3O/c1-14-5-7-4-8(10)13-9(12-7)11-6-2-3-6/h4,6H,2-3,5H2,1H3,(H,11,12,13). The van der Waals surface area contributed by atoms with Crippen molar-refractivity contribution in [1.29, 1.82) is 0 Å². The Hall–Kier alpha value is -0.870. The second kappa shape index (κ2) is 4.11. The highest BCUT2D eigenvalue weighted by atomic mass is 35.5. The van der Waals surface area contributed by atoms with Gasteiger partial charge in [-0.25, -0.2) is 9.97 Å². The molecule has 2 rings (SSSR count). The molecule has 0 amide bonds. The Labute approximate surface area is 87.7 Å². The summed E-state index contributed by atoms with van der Waals surface area (Å²) in [5, 5.41) is 3.65. The summed E-state index contributed by atoms with van der Waals surface area (Å²) in [5.41, 5.74) is 0.802. The van der Waals surface area contributed by atoms with Crippen molar-refractivity contribution in [2.24, 2.45) is 0 Å². The fourth-order valence-electron chi connectivity index (χ4n) is 1.16. The number of ether oxygens (including phenoxy) is 1. The van der Waals surface area contributed by atoms with Gasteiger partial charge < -0.3 is 10.1 Å². The van der Waals surface area contributed by atoms with Gasteiger partial charge in [-0.3, -0.25) is 0 Å². The topological polar surface area (TPSA) is 47.0 Å². The van der Waals surface area contributed by atoms with E-state index in [1.807, 2.05) is 0 Å². The quantitative estimate of drug-likeness (QED) is 0.776. The minimum absolute atomic E-state index is 0.454. The summed E-state index contributed by atoms with van der Waals surface area (Å²) in [6, 6.07) is 2.24. The molecule has 1 aromatic heterocycles. The van der Waals surface area contributed by atoms with Gasteiger partial charge in [-0.2, -0.15) is 0 Å². The van der Waals surface area contributed by atoms with E-state index in [9.17, 15) is 0 Å². The van der Waals surface area contributed by atoms with E-state index in [1.165, 1.54) is 12.8 Å². The maximum atomic E-state index is 5.84. The fourth-order valence-corrected chi connectivity index (χ4v) is 1.37. The minimum Gasteiger partial charge on any atom is -0.378 e. The maximum absolute atomic E-state index is 5.84. The van der Waals surface area contributed by atoms with Crippen molar-refractivity contribution in [2.45, 2.75) is 25.5 Å². The molecule has 0 saturated heterocycles. The molecule has 0 aromatic carbocycles. The van der Waals surface area contributed by atoms with Crippen LogP contribution in [0.5, 0.6) is 0 Å². The van der Waals surface area contributed by atoms with E-state index < -0.39 is 0 Å². The van der Waals surface area contributed by atoms with Crippen LogP contribution >= 0.6 is 11.6 Å². The number of nitrogens with one attached hydrogen (secondary N) is 1.